The third-order valence-electron chi connectivity index (χ3n) is 4.10. The number of rotatable bonds is 9. The number of hydrogen-bond donors (Lipinski definition) is 2. The third-order valence-corrected chi connectivity index (χ3v) is 6.78. The molecule has 0 aliphatic rings. The summed E-state index contributed by atoms with van der Waals surface area (Å²) in [4.78, 5) is 23.1. The molecule has 0 bridgehead atoms. The van der Waals surface area contributed by atoms with Crippen LogP contribution in [-0.2, 0) is 9.53 Å². The molecule has 8 heteroatoms. The first-order valence-corrected chi connectivity index (χ1v) is 12.0. The second-order valence-electron chi connectivity index (χ2n) is 6.58. The molecule has 7 nitrogen and oxygen atoms in total. The molecule has 32 heavy (non-hydrogen) atoms. The molecule has 0 spiro atoms. The van der Waals surface area contributed by atoms with Crippen LogP contribution in [0.1, 0.15) is 6.92 Å². The normalized spacial score (nSPS) is 10.3. The van der Waals surface area contributed by atoms with Crippen molar-refractivity contribution in [2.24, 2.45) is 0 Å². The summed E-state index contributed by atoms with van der Waals surface area (Å²) < 4.78 is 18.6. The van der Waals surface area contributed by atoms with Crippen LogP contribution in [0, 0.1) is 7.14 Å². The Morgan fingerprint density at radius 1 is 0.812 bits per heavy atom. The van der Waals surface area contributed by atoms with Crippen LogP contribution in [-0.4, -0.2) is 32.3 Å². The fourth-order valence-electron chi connectivity index (χ4n) is 2.68. The first-order chi connectivity index (χ1) is 15.5. The van der Waals surface area contributed by atoms with Gasteiger partial charge in [0.25, 0.3) is 0 Å². The summed E-state index contributed by atoms with van der Waals surface area (Å²) in [5.41, 5.74) is 1.12. The number of anilines is 2. The van der Waals surface area contributed by atoms with E-state index in [0.717, 1.165) is 11.5 Å². The zero-order chi connectivity index (χ0) is 22.8. The molecule has 2 amide bonds. The van der Waals surface area contributed by atoms with Crippen LogP contribution in [0.25, 0.3) is 0 Å². The quantitative estimate of drug-likeness (QED) is 0.313. The van der Waals surface area contributed by atoms with Crippen molar-refractivity contribution in [2.75, 3.05) is 31.0 Å². The Bertz CT molecular complexity index is 1040. The van der Waals surface area contributed by atoms with Crippen molar-refractivity contribution in [2.45, 2.75) is 6.92 Å². The number of hydrogen-bond acceptors (Lipinski definition) is 5. The standard InChI is InChI=1S/C24H24IN2O5/c1-17(28)26-20-4-3-5-21(16-20)27-24(29)32-15-14-31-23-12-8-19(9-13-23)25-18-6-10-22(30-2)11-7-18/h3-13,16H,14-15H2,1-2H3,(H,26,28)(H,27,29)/q-1. The van der Waals surface area contributed by atoms with E-state index < -0.39 is 6.09 Å². The van der Waals surface area contributed by atoms with Gasteiger partial charge in [-0.2, -0.15) is 0 Å². The van der Waals surface area contributed by atoms with Crippen LogP contribution in [0.15, 0.2) is 72.8 Å². The Balaban J connectivity index is 1.38. The van der Waals surface area contributed by atoms with Gasteiger partial charge in [0.05, 0.1) is 0 Å². The van der Waals surface area contributed by atoms with Crippen LogP contribution in [0.3, 0.4) is 0 Å². The minimum atomic E-state index is -0.590. The average molecular weight is 547 g/mol. The van der Waals surface area contributed by atoms with Crippen molar-refractivity contribution in [3.05, 3.63) is 79.9 Å². The zero-order valence-corrected chi connectivity index (χ0v) is 19.9. The van der Waals surface area contributed by atoms with E-state index in [1.54, 1.807) is 31.4 Å². The number of carbonyl (C=O) groups is 2. The van der Waals surface area contributed by atoms with Gasteiger partial charge in [0.15, 0.2) is 0 Å². The molecule has 0 saturated carbocycles. The summed E-state index contributed by atoms with van der Waals surface area (Å²) in [6.45, 7) is 1.77. The molecule has 0 radical (unpaired) electrons. The summed E-state index contributed by atoms with van der Waals surface area (Å²) in [5.74, 6) is 1.40. The molecule has 3 aromatic rings. The monoisotopic (exact) mass is 547 g/mol. The molecule has 0 saturated heterocycles. The Morgan fingerprint density at radius 3 is 2.00 bits per heavy atom. The summed E-state index contributed by atoms with van der Waals surface area (Å²) >= 11 is -0.272. The van der Waals surface area contributed by atoms with Crippen LogP contribution in [0.5, 0.6) is 11.5 Å². The predicted molar refractivity (Wildman–Crippen MR) is 118 cm³/mol. The summed E-state index contributed by atoms with van der Waals surface area (Å²) in [7, 11) is 1.66. The third kappa shape index (κ3) is 7.77. The van der Waals surface area contributed by atoms with E-state index in [1.807, 2.05) is 24.3 Å². The number of methoxy groups -OCH3 is 1. The van der Waals surface area contributed by atoms with Gasteiger partial charge in [0.1, 0.15) is 0 Å². The van der Waals surface area contributed by atoms with Gasteiger partial charge < -0.3 is 5.32 Å². The van der Waals surface area contributed by atoms with Gasteiger partial charge in [-0.1, -0.05) is 6.07 Å². The molecule has 168 valence electrons. The molecular formula is C24H24IN2O5-. The van der Waals surface area contributed by atoms with Gasteiger partial charge in [-0.25, -0.2) is 0 Å². The Hall–Kier alpha value is -3.27. The molecule has 3 aromatic carbocycles. The molecule has 0 aromatic heterocycles. The van der Waals surface area contributed by atoms with Gasteiger partial charge >= 0.3 is 157 Å². The molecule has 0 aliphatic carbocycles. The summed E-state index contributed by atoms with van der Waals surface area (Å²) in [6, 6.07) is 22.9. The van der Waals surface area contributed by atoms with Crippen molar-refractivity contribution >= 4 is 23.4 Å². The molecule has 3 rings (SSSR count). The van der Waals surface area contributed by atoms with Crippen molar-refractivity contribution < 1.29 is 45.0 Å². The predicted octanol–water partition coefficient (Wildman–Crippen LogP) is 1.41. The number of halogens is 1. The first kappa shape index (κ1) is 23.4. The molecule has 0 aliphatic heterocycles. The Morgan fingerprint density at radius 2 is 1.41 bits per heavy atom. The fourth-order valence-corrected chi connectivity index (χ4v) is 4.84. The molecule has 0 heterocycles. The number of carbonyl (C=O) groups excluding carboxylic acids is 2. The van der Waals surface area contributed by atoms with E-state index in [0.29, 0.717) is 11.4 Å². The molecule has 0 unspecified atom stereocenters. The van der Waals surface area contributed by atoms with Crippen molar-refractivity contribution in [3.63, 3.8) is 0 Å². The van der Waals surface area contributed by atoms with E-state index in [4.69, 9.17) is 14.2 Å². The van der Waals surface area contributed by atoms with Crippen LogP contribution in [0.2, 0.25) is 0 Å². The van der Waals surface area contributed by atoms with Gasteiger partial charge in [0, 0.05) is 12.6 Å². The molecule has 0 fully saturated rings. The van der Waals surface area contributed by atoms with E-state index in [-0.39, 0.29) is 40.3 Å². The minimum absolute atomic E-state index is 0.109. The number of nitrogens with one attached hydrogen (secondary N) is 2. The zero-order valence-electron chi connectivity index (χ0n) is 17.8. The second-order valence-corrected chi connectivity index (χ2v) is 9.61. The number of ether oxygens (including phenoxy) is 3. The SMILES string of the molecule is COc1ccc([I-]c2ccc(OCCOC(=O)Nc3cccc(NC(C)=O)c3)cc2)cc1. The average Bonchev–Trinajstić information content (AvgIpc) is 2.78. The van der Waals surface area contributed by atoms with Crippen LogP contribution < -0.4 is 41.3 Å². The maximum atomic E-state index is 11.9. The van der Waals surface area contributed by atoms with Gasteiger partial charge in [-0.15, -0.1) is 0 Å². The van der Waals surface area contributed by atoms with E-state index in [2.05, 4.69) is 34.9 Å². The molecule has 2 N–H and O–H groups in total. The van der Waals surface area contributed by atoms with E-state index in [1.165, 1.54) is 14.1 Å². The molecule has 0 atom stereocenters. The van der Waals surface area contributed by atoms with Crippen molar-refractivity contribution in [3.8, 4) is 11.5 Å². The summed E-state index contributed by atoms with van der Waals surface area (Å²) in [6.07, 6.45) is -0.590. The molecular weight excluding hydrogens is 523 g/mol. The maximum absolute atomic E-state index is 11.9. The van der Waals surface area contributed by atoms with Crippen molar-refractivity contribution in [1.82, 2.24) is 0 Å². The van der Waals surface area contributed by atoms with E-state index in [9.17, 15) is 9.59 Å². The van der Waals surface area contributed by atoms with Gasteiger partial charge in [-0.05, 0) is 6.07 Å². The Labute approximate surface area is 197 Å². The van der Waals surface area contributed by atoms with Crippen LogP contribution >= 0.6 is 0 Å². The fraction of sp³-hybridized carbons (Fsp3) is 0.167. The van der Waals surface area contributed by atoms with E-state index >= 15 is 0 Å². The van der Waals surface area contributed by atoms with Crippen LogP contribution in [0.4, 0.5) is 16.2 Å². The van der Waals surface area contributed by atoms with Gasteiger partial charge in [-0.3, -0.25) is 4.79 Å². The first-order valence-electron chi connectivity index (χ1n) is 9.85. The topological polar surface area (TPSA) is 85.9 Å². The second kappa shape index (κ2) is 11.9. The van der Waals surface area contributed by atoms with Gasteiger partial charge in [0.2, 0.25) is 5.91 Å². The Kier molecular flexibility index (Phi) is 8.73. The summed E-state index contributed by atoms with van der Waals surface area (Å²) in [5, 5.41) is 5.28. The van der Waals surface area contributed by atoms with Crippen molar-refractivity contribution in [1.29, 1.82) is 0 Å². The number of benzene rings is 3. The number of amides is 2.